The summed E-state index contributed by atoms with van der Waals surface area (Å²) in [6.45, 7) is 4.23. The lowest BCUT2D eigenvalue weighted by molar-refractivity contribution is 0.0276. The van der Waals surface area contributed by atoms with E-state index in [1.807, 2.05) is 7.05 Å². The molecular formula is C23H38IN3O2. The van der Waals surface area contributed by atoms with Crippen molar-refractivity contribution < 1.29 is 9.47 Å². The Morgan fingerprint density at radius 2 is 1.83 bits per heavy atom. The van der Waals surface area contributed by atoms with Crippen LogP contribution in [0.1, 0.15) is 56.9 Å². The third-order valence-corrected chi connectivity index (χ3v) is 6.17. The van der Waals surface area contributed by atoms with E-state index in [1.54, 1.807) is 0 Å². The summed E-state index contributed by atoms with van der Waals surface area (Å²) in [7, 11) is 1.84. The molecule has 1 saturated carbocycles. The van der Waals surface area contributed by atoms with Gasteiger partial charge in [0.15, 0.2) is 5.96 Å². The van der Waals surface area contributed by atoms with Crippen molar-refractivity contribution in [1.82, 2.24) is 10.6 Å². The average Bonchev–Trinajstić information content (AvgIpc) is 2.77. The van der Waals surface area contributed by atoms with Crippen LogP contribution < -0.4 is 10.6 Å². The summed E-state index contributed by atoms with van der Waals surface area (Å²) in [5.41, 5.74) is 1.50. The number of halogens is 1. The molecule has 1 saturated heterocycles. The van der Waals surface area contributed by atoms with Crippen molar-refractivity contribution in [3.05, 3.63) is 35.9 Å². The van der Waals surface area contributed by atoms with Gasteiger partial charge in [0.1, 0.15) is 0 Å². The van der Waals surface area contributed by atoms with Crippen LogP contribution in [0.4, 0.5) is 0 Å². The lowest BCUT2D eigenvalue weighted by Gasteiger charge is -2.38. The lowest BCUT2D eigenvalue weighted by atomic mass is 9.74. The number of guanidine groups is 1. The Morgan fingerprint density at radius 1 is 1.10 bits per heavy atom. The maximum absolute atomic E-state index is 6.01. The quantitative estimate of drug-likeness (QED) is 0.235. The molecule has 2 N–H and O–H groups in total. The third kappa shape index (κ3) is 7.72. The van der Waals surface area contributed by atoms with Gasteiger partial charge < -0.3 is 20.1 Å². The van der Waals surface area contributed by atoms with Gasteiger partial charge in [0.25, 0.3) is 0 Å². The number of hydrogen-bond acceptors (Lipinski definition) is 3. The number of rotatable bonds is 8. The molecule has 1 aromatic carbocycles. The van der Waals surface area contributed by atoms with Gasteiger partial charge in [-0.05, 0) is 37.7 Å². The zero-order chi connectivity index (χ0) is 19.5. The Bertz CT molecular complexity index is 585. The van der Waals surface area contributed by atoms with Gasteiger partial charge in [0.05, 0.1) is 6.10 Å². The molecule has 2 fully saturated rings. The number of hydrogen-bond donors (Lipinski definition) is 2. The van der Waals surface area contributed by atoms with E-state index in [0.29, 0.717) is 6.10 Å². The van der Waals surface area contributed by atoms with E-state index in [4.69, 9.17) is 9.47 Å². The molecule has 1 aliphatic heterocycles. The fourth-order valence-corrected chi connectivity index (χ4v) is 4.36. The number of aliphatic imine (C=N–C) groups is 1. The second kappa shape index (κ2) is 13.4. The van der Waals surface area contributed by atoms with Crippen molar-refractivity contribution in [3.8, 4) is 0 Å². The highest BCUT2D eigenvalue weighted by Gasteiger charge is 2.34. The van der Waals surface area contributed by atoms with Crippen LogP contribution in [0.3, 0.4) is 0 Å². The van der Waals surface area contributed by atoms with Crippen LogP contribution in [0.25, 0.3) is 0 Å². The average molecular weight is 515 g/mol. The van der Waals surface area contributed by atoms with Crippen molar-refractivity contribution in [3.63, 3.8) is 0 Å². The molecule has 2 aliphatic rings. The Morgan fingerprint density at radius 3 is 2.52 bits per heavy atom. The first-order valence-electron chi connectivity index (χ1n) is 11.0. The molecule has 1 heterocycles. The number of nitrogens with zero attached hydrogens (tertiary/aromatic N) is 1. The van der Waals surface area contributed by atoms with E-state index < -0.39 is 0 Å². The monoisotopic (exact) mass is 515 g/mol. The summed E-state index contributed by atoms with van der Waals surface area (Å²) in [6, 6.07) is 10.8. The first-order valence-corrected chi connectivity index (χ1v) is 11.0. The largest absolute Gasteiger partial charge is 0.381 e. The molecule has 0 radical (unpaired) electrons. The highest BCUT2D eigenvalue weighted by Crippen LogP contribution is 2.34. The Balaban J connectivity index is 0.00000300. The smallest absolute Gasteiger partial charge is 0.191 e. The summed E-state index contributed by atoms with van der Waals surface area (Å²) in [4.78, 5) is 4.41. The Labute approximate surface area is 193 Å². The third-order valence-electron chi connectivity index (χ3n) is 6.17. The van der Waals surface area contributed by atoms with E-state index in [0.717, 1.165) is 58.1 Å². The second-order valence-corrected chi connectivity index (χ2v) is 8.10. The van der Waals surface area contributed by atoms with Crippen molar-refractivity contribution in [2.75, 3.05) is 40.0 Å². The lowest BCUT2D eigenvalue weighted by Crippen LogP contribution is -2.48. The van der Waals surface area contributed by atoms with Gasteiger partial charge in [0, 0.05) is 45.4 Å². The predicted octanol–water partition coefficient (Wildman–Crippen LogP) is 4.26. The van der Waals surface area contributed by atoms with Gasteiger partial charge in [-0.15, -0.1) is 24.0 Å². The molecule has 3 rings (SSSR count). The minimum absolute atomic E-state index is 0. The van der Waals surface area contributed by atoms with E-state index in [2.05, 4.69) is 46.0 Å². The van der Waals surface area contributed by atoms with Gasteiger partial charge in [0.2, 0.25) is 0 Å². The van der Waals surface area contributed by atoms with Crippen molar-refractivity contribution >= 4 is 29.9 Å². The molecule has 0 spiro atoms. The number of benzene rings is 1. The molecule has 6 heteroatoms. The Kier molecular flexibility index (Phi) is 11.3. The molecule has 164 valence electrons. The van der Waals surface area contributed by atoms with Gasteiger partial charge in [-0.1, -0.05) is 49.6 Å². The minimum atomic E-state index is 0. The van der Waals surface area contributed by atoms with Gasteiger partial charge in [-0.25, -0.2) is 0 Å². The van der Waals surface area contributed by atoms with E-state index in [1.165, 1.54) is 37.7 Å². The Hall–Kier alpha value is -0.860. The molecule has 0 bridgehead atoms. The molecular weight excluding hydrogens is 477 g/mol. The summed E-state index contributed by atoms with van der Waals surface area (Å²) >= 11 is 0. The number of ether oxygens (including phenoxy) is 2. The molecule has 0 atom stereocenters. The molecule has 1 aliphatic carbocycles. The topological polar surface area (TPSA) is 54.9 Å². The fraction of sp³-hybridized carbons (Fsp3) is 0.696. The maximum atomic E-state index is 6.01. The van der Waals surface area contributed by atoms with Crippen LogP contribution in [-0.2, 0) is 14.9 Å². The summed E-state index contributed by atoms with van der Waals surface area (Å²) in [6.07, 6.45) is 10.1. The summed E-state index contributed by atoms with van der Waals surface area (Å²) < 4.78 is 11.6. The zero-order valence-corrected chi connectivity index (χ0v) is 20.2. The normalized spacial score (nSPS) is 20.0. The molecule has 0 aromatic heterocycles. The minimum Gasteiger partial charge on any atom is -0.381 e. The van der Waals surface area contributed by atoms with E-state index >= 15 is 0 Å². The van der Waals surface area contributed by atoms with Crippen LogP contribution in [0.5, 0.6) is 0 Å². The number of nitrogens with one attached hydrogen (secondary N) is 2. The van der Waals surface area contributed by atoms with Crippen LogP contribution in [0.15, 0.2) is 35.3 Å². The molecule has 0 unspecified atom stereocenters. The van der Waals surface area contributed by atoms with Crippen LogP contribution in [0, 0.1) is 0 Å². The van der Waals surface area contributed by atoms with E-state index in [9.17, 15) is 0 Å². The maximum Gasteiger partial charge on any atom is 0.191 e. The van der Waals surface area contributed by atoms with Gasteiger partial charge >= 0.3 is 0 Å². The first kappa shape index (κ1) is 24.4. The van der Waals surface area contributed by atoms with Gasteiger partial charge in [-0.2, -0.15) is 0 Å². The van der Waals surface area contributed by atoms with Crippen molar-refractivity contribution in [2.45, 2.75) is 62.9 Å². The highest BCUT2D eigenvalue weighted by molar-refractivity contribution is 14.0. The molecule has 1 aromatic rings. The highest BCUT2D eigenvalue weighted by atomic mass is 127. The standard InChI is InChI=1S/C23H37N3O2.HI/c1-24-22(25-15-8-16-28-21-11-6-3-7-12-21)26-19-23(13-17-27-18-14-23)20-9-4-2-5-10-20;/h2,4-5,9-10,21H,3,6-8,11-19H2,1H3,(H2,24,25,26);1H. The van der Waals surface area contributed by atoms with Crippen molar-refractivity contribution in [1.29, 1.82) is 0 Å². The SMILES string of the molecule is CN=C(NCCCOC1CCCCC1)NCC1(c2ccccc2)CCOCC1.I. The zero-order valence-electron chi connectivity index (χ0n) is 17.8. The molecule has 29 heavy (non-hydrogen) atoms. The fourth-order valence-electron chi connectivity index (χ4n) is 4.36. The van der Waals surface area contributed by atoms with Crippen LogP contribution >= 0.6 is 24.0 Å². The van der Waals surface area contributed by atoms with Crippen molar-refractivity contribution in [2.24, 2.45) is 4.99 Å². The summed E-state index contributed by atoms with van der Waals surface area (Å²) in [5, 5.41) is 7.00. The van der Waals surface area contributed by atoms with Crippen LogP contribution in [0.2, 0.25) is 0 Å². The first-order chi connectivity index (χ1) is 13.8. The predicted molar refractivity (Wildman–Crippen MR) is 130 cm³/mol. The molecule has 5 nitrogen and oxygen atoms in total. The van der Waals surface area contributed by atoms with Gasteiger partial charge in [-0.3, -0.25) is 4.99 Å². The van der Waals surface area contributed by atoms with E-state index in [-0.39, 0.29) is 29.4 Å². The molecule has 0 amide bonds. The summed E-state index contributed by atoms with van der Waals surface area (Å²) in [5.74, 6) is 0.875. The van der Waals surface area contributed by atoms with Crippen LogP contribution in [-0.4, -0.2) is 52.0 Å². The second-order valence-electron chi connectivity index (χ2n) is 8.10.